The number of aliphatic carboxylic acids is 1. The number of rotatable bonds is 8. The van der Waals surface area contributed by atoms with E-state index in [4.69, 9.17) is 16.7 Å². The Kier molecular flexibility index (Phi) is 6.86. The fraction of sp³-hybridized carbons (Fsp3) is 0.857. The highest BCUT2D eigenvalue weighted by molar-refractivity contribution is 7.91. The molecule has 0 amide bonds. The molecule has 5 nitrogen and oxygen atoms in total. The number of nitrogens with zero attached hydrogens (tertiary/aromatic N) is 1. The topological polar surface area (TPSA) is 85.5 Å². The van der Waals surface area contributed by atoms with Gasteiger partial charge in [-0.05, 0) is 0 Å². The molecule has 0 saturated heterocycles. The quantitative estimate of drug-likeness (QED) is 0.469. The van der Waals surface area contributed by atoms with Crippen LogP contribution < -0.4 is 5.32 Å². The first kappa shape index (κ1) is 13.7. The van der Waals surface area contributed by atoms with E-state index in [0.717, 1.165) is 0 Å². The Balaban J connectivity index is 3.49. The minimum absolute atomic E-state index is 0.0526. The maximum atomic E-state index is 11.1. The molecule has 0 fully saturated rings. The van der Waals surface area contributed by atoms with E-state index in [1.165, 1.54) is 0 Å². The summed E-state index contributed by atoms with van der Waals surface area (Å²) in [5.74, 6) is -0.961. The maximum Gasteiger partial charge on any atom is 0.304 e. The Labute approximate surface area is 88.4 Å². The van der Waals surface area contributed by atoms with Crippen LogP contribution in [-0.4, -0.2) is 50.0 Å². The van der Waals surface area contributed by atoms with Crippen molar-refractivity contribution >= 4 is 27.4 Å². The SMILES string of the molecule is O=C(O)CC[N]CCS(=O)(=O)CCCl. The molecule has 1 radical (unpaired) electrons. The maximum absolute atomic E-state index is 11.1. The number of hydrogen-bond acceptors (Lipinski definition) is 3. The first-order chi connectivity index (χ1) is 6.48. The molecule has 0 heterocycles. The zero-order valence-electron chi connectivity index (χ0n) is 7.65. The van der Waals surface area contributed by atoms with E-state index in [-0.39, 0.29) is 36.9 Å². The van der Waals surface area contributed by atoms with Crippen molar-refractivity contribution in [2.75, 3.05) is 30.5 Å². The molecule has 0 saturated carbocycles. The summed E-state index contributed by atoms with van der Waals surface area (Å²) >= 11 is 5.28. The van der Waals surface area contributed by atoms with Gasteiger partial charge in [-0.2, -0.15) is 0 Å². The lowest BCUT2D eigenvalue weighted by Crippen LogP contribution is -2.22. The van der Waals surface area contributed by atoms with Crippen LogP contribution >= 0.6 is 11.6 Å². The van der Waals surface area contributed by atoms with Gasteiger partial charge in [-0.1, -0.05) is 0 Å². The molecule has 0 unspecified atom stereocenters. The Hall–Kier alpha value is -0.330. The largest absolute Gasteiger partial charge is 0.481 e. The van der Waals surface area contributed by atoms with Gasteiger partial charge in [0.15, 0.2) is 9.84 Å². The Bertz CT molecular complexity index is 265. The van der Waals surface area contributed by atoms with Crippen LogP contribution in [0.15, 0.2) is 0 Å². The zero-order chi connectivity index (χ0) is 11.0. The van der Waals surface area contributed by atoms with Crippen molar-refractivity contribution in [1.82, 2.24) is 5.32 Å². The molecule has 0 aromatic heterocycles. The predicted molar refractivity (Wildman–Crippen MR) is 53.5 cm³/mol. The summed E-state index contributed by atoms with van der Waals surface area (Å²) in [4.78, 5) is 10.1. The van der Waals surface area contributed by atoms with Crippen molar-refractivity contribution in [3.63, 3.8) is 0 Å². The highest BCUT2D eigenvalue weighted by Gasteiger charge is 2.09. The summed E-state index contributed by atoms with van der Waals surface area (Å²) in [6, 6.07) is 0. The lowest BCUT2D eigenvalue weighted by molar-refractivity contribution is -0.136. The Morgan fingerprint density at radius 1 is 1.29 bits per heavy atom. The molecular formula is C7H13ClNO4S. The van der Waals surface area contributed by atoms with Gasteiger partial charge >= 0.3 is 5.97 Å². The number of carbonyl (C=O) groups is 1. The molecule has 0 atom stereocenters. The van der Waals surface area contributed by atoms with Crippen LogP contribution in [0.4, 0.5) is 0 Å². The van der Waals surface area contributed by atoms with Crippen LogP contribution in [0.3, 0.4) is 0 Å². The van der Waals surface area contributed by atoms with E-state index in [0.29, 0.717) is 0 Å². The highest BCUT2D eigenvalue weighted by atomic mass is 35.5. The minimum Gasteiger partial charge on any atom is -0.481 e. The van der Waals surface area contributed by atoms with Gasteiger partial charge in [-0.3, -0.25) is 4.79 Å². The van der Waals surface area contributed by atoms with Gasteiger partial charge < -0.3 is 5.11 Å². The summed E-state index contributed by atoms with van der Waals surface area (Å²) in [5, 5.41) is 12.0. The smallest absolute Gasteiger partial charge is 0.304 e. The molecule has 0 aliphatic heterocycles. The van der Waals surface area contributed by atoms with Crippen molar-refractivity contribution in [3.05, 3.63) is 0 Å². The van der Waals surface area contributed by atoms with Gasteiger partial charge in [0.25, 0.3) is 0 Å². The molecule has 14 heavy (non-hydrogen) atoms. The number of hydrogen-bond donors (Lipinski definition) is 1. The van der Waals surface area contributed by atoms with Crippen molar-refractivity contribution < 1.29 is 18.3 Å². The normalized spacial score (nSPS) is 11.5. The molecule has 0 rings (SSSR count). The van der Waals surface area contributed by atoms with Gasteiger partial charge in [-0.25, -0.2) is 13.7 Å². The minimum atomic E-state index is -3.11. The summed E-state index contributed by atoms with van der Waals surface area (Å²) in [5.41, 5.74) is 0. The third-order valence-electron chi connectivity index (χ3n) is 1.43. The molecule has 0 bridgehead atoms. The Morgan fingerprint density at radius 2 is 1.93 bits per heavy atom. The third-order valence-corrected chi connectivity index (χ3v) is 3.48. The Morgan fingerprint density at radius 3 is 2.43 bits per heavy atom. The molecule has 1 N–H and O–H groups in total. The molecular weight excluding hydrogens is 230 g/mol. The second-order valence-electron chi connectivity index (χ2n) is 2.66. The fourth-order valence-electron chi connectivity index (χ4n) is 0.710. The van der Waals surface area contributed by atoms with Crippen molar-refractivity contribution in [1.29, 1.82) is 0 Å². The highest BCUT2D eigenvalue weighted by Crippen LogP contribution is 1.91. The first-order valence-corrected chi connectivity index (χ1v) is 6.45. The van der Waals surface area contributed by atoms with E-state index >= 15 is 0 Å². The van der Waals surface area contributed by atoms with E-state index in [1.807, 2.05) is 0 Å². The molecule has 0 aliphatic carbocycles. The standard InChI is InChI=1S/C7H13ClNO4S/c8-2-5-14(12,13)6-4-9-3-1-7(10)11/h1-6H2,(H,10,11). The molecule has 7 heteroatoms. The number of carboxylic acids is 1. The van der Waals surface area contributed by atoms with Crippen LogP contribution in [-0.2, 0) is 14.6 Å². The second kappa shape index (κ2) is 7.03. The zero-order valence-corrected chi connectivity index (χ0v) is 9.22. The van der Waals surface area contributed by atoms with Crippen LogP contribution in [0.2, 0.25) is 0 Å². The van der Waals surface area contributed by atoms with E-state index in [9.17, 15) is 13.2 Å². The van der Waals surface area contributed by atoms with Crippen LogP contribution in [0.1, 0.15) is 6.42 Å². The van der Waals surface area contributed by atoms with Crippen molar-refractivity contribution in [2.24, 2.45) is 0 Å². The lowest BCUT2D eigenvalue weighted by atomic mass is 10.4. The second-order valence-corrected chi connectivity index (χ2v) is 5.34. The van der Waals surface area contributed by atoms with Crippen molar-refractivity contribution in [3.8, 4) is 0 Å². The predicted octanol–water partition coefficient (Wildman–Crippen LogP) is -0.281. The average Bonchev–Trinajstić information content (AvgIpc) is 2.02. The lowest BCUT2D eigenvalue weighted by Gasteiger charge is -2.01. The average molecular weight is 243 g/mol. The van der Waals surface area contributed by atoms with Gasteiger partial charge in [0.1, 0.15) is 0 Å². The van der Waals surface area contributed by atoms with Gasteiger partial charge in [-0.15, -0.1) is 11.6 Å². The number of sulfone groups is 1. The summed E-state index contributed by atoms with van der Waals surface area (Å²) < 4.78 is 22.1. The van der Waals surface area contributed by atoms with Gasteiger partial charge in [0, 0.05) is 19.0 Å². The molecule has 0 spiro atoms. The van der Waals surface area contributed by atoms with E-state index in [2.05, 4.69) is 5.32 Å². The van der Waals surface area contributed by atoms with E-state index in [1.54, 1.807) is 0 Å². The van der Waals surface area contributed by atoms with E-state index < -0.39 is 15.8 Å². The van der Waals surface area contributed by atoms with Gasteiger partial charge in [0.05, 0.1) is 17.9 Å². The monoisotopic (exact) mass is 242 g/mol. The van der Waals surface area contributed by atoms with Crippen LogP contribution in [0.5, 0.6) is 0 Å². The molecule has 0 aromatic carbocycles. The van der Waals surface area contributed by atoms with Crippen LogP contribution in [0, 0.1) is 0 Å². The summed E-state index contributed by atoms with van der Waals surface area (Å²) in [6.07, 6.45) is -0.0600. The number of alkyl halides is 1. The molecule has 0 aromatic rings. The van der Waals surface area contributed by atoms with Crippen LogP contribution in [0.25, 0.3) is 0 Å². The molecule has 0 aliphatic rings. The first-order valence-electron chi connectivity index (χ1n) is 4.09. The van der Waals surface area contributed by atoms with Crippen molar-refractivity contribution in [2.45, 2.75) is 6.42 Å². The summed E-state index contributed by atoms with van der Waals surface area (Å²) in [7, 11) is -3.11. The van der Waals surface area contributed by atoms with Gasteiger partial charge in [0.2, 0.25) is 0 Å². The molecule has 83 valence electrons. The fourth-order valence-corrected chi connectivity index (χ4v) is 2.26. The summed E-state index contributed by atoms with van der Waals surface area (Å²) in [6.45, 7) is 0.304. The number of halogens is 1. The third kappa shape index (κ3) is 8.28. The number of carboxylic acid groups (broad SMARTS) is 1.